The summed E-state index contributed by atoms with van der Waals surface area (Å²) in [6.07, 6.45) is 0. The van der Waals surface area contributed by atoms with Gasteiger partial charge in [0.15, 0.2) is 0 Å². The van der Waals surface area contributed by atoms with Gasteiger partial charge in [-0.3, -0.25) is 4.57 Å². The number of alkyl halides is 1. The van der Waals surface area contributed by atoms with E-state index >= 15 is 0 Å². The fraction of sp³-hybridized carbons (Fsp3) is 0.0714. The van der Waals surface area contributed by atoms with Crippen molar-refractivity contribution in [2.45, 2.75) is 5.88 Å². The number of fused-ring (bicyclic) bond motifs is 1. The number of aromatic nitrogens is 2. The average molecular weight is 408 g/mol. The summed E-state index contributed by atoms with van der Waals surface area (Å²) in [7, 11) is 0. The molecule has 1 heterocycles. The van der Waals surface area contributed by atoms with Crippen molar-refractivity contribution in [2.24, 2.45) is 0 Å². The number of benzene rings is 2. The van der Waals surface area contributed by atoms with Gasteiger partial charge in [0, 0.05) is 4.47 Å². The van der Waals surface area contributed by atoms with E-state index in [0.29, 0.717) is 32.6 Å². The van der Waals surface area contributed by atoms with Crippen LogP contribution in [0.25, 0.3) is 16.7 Å². The van der Waals surface area contributed by atoms with E-state index in [1.165, 1.54) is 12.1 Å². The average Bonchev–Trinajstić information content (AvgIpc) is 2.79. The van der Waals surface area contributed by atoms with Crippen LogP contribution < -0.4 is 0 Å². The summed E-state index contributed by atoms with van der Waals surface area (Å²) in [5.41, 5.74) is 1.97. The fourth-order valence-corrected chi connectivity index (χ4v) is 3.06. The molecule has 1 aromatic heterocycles. The summed E-state index contributed by atoms with van der Waals surface area (Å²) in [6, 6.07) is 7.77. The van der Waals surface area contributed by atoms with Crippen molar-refractivity contribution in [3.8, 4) is 5.69 Å². The van der Waals surface area contributed by atoms with Crippen molar-refractivity contribution in [1.82, 2.24) is 9.55 Å². The molecule has 21 heavy (non-hydrogen) atoms. The molecule has 0 aliphatic rings. The maximum absolute atomic E-state index is 13.6. The minimum atomic E-state index is -0.351. The van der Waals surface area contributed by atoms with Gasteiger partial charge in [-0.25, -0.2) is 9.37 Å². The largest absolute Gasteiger partial charge is 0.294 e. The number of hydrogen-bond acceptors (Lipinski definition) is 1. The van der Waals surface area contributed by atoms with Crippen LogP contribution in [0.3, 0.4) is 0 Å². The minimum Gasteiger partial charge on any atom is -0.294 e. The molecule has 2 aromatic carbocycles. The maximum Gasteiger partial charge on any atom is 0.129 e. The zero-order valence-corrected chi connectivity index (χ0v) is 14.2. The Hall–Kier alpha value is -0.810. The van der Waals surface area contributed by atoms with Gasteiger partial charge in [0.05, 0.1) is 32.6 Å². The molecule has 0 spiro atoms. The van der Waals surface area contributed by atoms with Gasteiger partial charge < -0.3 is 0 Å². The van der Waals surface area contributed by atoms with Crippen LogP contribution in [0.4, 0.5) is 4.39 Å². The van der Waals surface area contributed by atoms with Gasteiger partial charge >= 0.3 is 0 Å². The van der Waals surface area contributed by atoms with Crippen LogP contribution in [-0.2, 0) is 5.88 Å². The third-order valence-corrected chi connectivity index (χ3v) is 4.67. The first-order valence-corrected chi connectivity index (χ1v) is 7.97. The fourth-order valence-electron chi connectivity index (χ4n) is 2.14. The lowest BCUT2D eigenvalue weighted by Crippen LogP contribution is -2.01. The summed E-state index contributed by atoms with van der Waals surface area (Å²) in [5, 5.41) is 0.812. The van der Waals surface area contributed by atoms with Crippen LogP contribution in [0, 0.1) is 5.82 Å². The maximum atomic E-state index is 13.6. The van der Waals surface area contributed by atoms with E-state index in [0.717, 1.165) is 4.47 Å². The molecule has 108 valence electrons. The Morgan fingerprint density at radius 3 is 2.57 bits per heavy atom. The first kappa shape index (κ1) is 15.1. The van der Waals surface area contributed by atoms with E-state index in [-0.39, 0.29) is 11.7 Å². The Kier molecular flexibility index (Phi) is 4.14. The second-order valence-electron chi connectivity index (χ2n) is 4.35. The molecule has 7 heteroatoms. The molecule has 0 amide bonds. The molecule has 0 aliphatic heterocycles. The second-order valence-corrected chi connectivity index (χ2v) is 6.28. The van der Waals surface area contributed by atoms with Gasteiger partial charge in [0.1, 0.15) is 11.6 Å². The molecule has 0 unspecified atom stereocenters. The standard InChI is InChI=1S/C14H7BrCl3FN2/c15-8-2-1-7(19)3-12(8)21-13-5-10(18)9(17)4-11(13)20-14(21)6-16/h1-5H,6H2. The molecule has 0 radical (unpaired) electrons. The van der Waals surface area contributed by atoms with Crippen LogP contribution in [0.1, 0.15) is 5.82 Å². The van der Waals surface area contributed by atoms with Crippen molar-refractivity contribution >= 4 is 61.8 Å². The number of nitrogens with zero attached hydrogens (tertiary/aromatic N) is 2. The first-order valence-electron chi connectivity index (χ1n) is 5.89. The summed E-state index contributed by atoms with van der Waals surface area (Å²) < 4.78 is 16.1. The van der Waals surface area contributed by atoms with Crippen LogP contribution in [-0.4, -0.2) is 9.55 Å². The predicted octanol–water partition coefficient (Wildman–Crippen LogP) is 5.97. The lowest BCUT2D eigenvalue weighted by atomic mass is 10.2. The number of halogens is 5. The van der Waals surface area contributed by atoms with Crippen molar-refractivity contribution in [1.29, 1.82) is 0 Å². The summed E-state index contributed by atoms with van der Waals surface area (Å²) in [5.74, 6) is 0.402. The normalized spacial score (nSPS) is 11.3. The van der Waals surface area contributed by atoms with Gasteiger partial charge in [0.2, 0.25) is 0 Å². The Bertz CT molecular complexity index is 848. The monoisotopic (exact) mass is 406 g/mol. The van der Waals surface area contributed by atoms with Crippen molar-refractivity contribution in [3.63, 3.8) is 0 Å². The zero-order chi connectivity index (χ0) is 15.1. The van der Waals surface area contributed by atoms with Gasteiger partial charge in [0.25, 0.3) is 0 Å². The Labute approximate surface area is 143 Å². The highest BCUT2D eigenvalue weighted by Gasteiger charge is 2.16. The van der Waals surface area contributed by atoms with Crippen LogP contribution in [0.15, 0.2) is 34.8 Å². The Morgan fingerprint density at radius 2 is 1.86 bits per heavy atom. The van der Waals surface area contributed by atoms with Crippen molar-refractivity contribution in [2.75, 3.05) is 0 Å². The molecule has 0 saturated carbocycles. The molecule has 0 N–H and O–H groups in total. The lowest BCUT2D eigenvalue weighted by Gasteiger charge is -2.10. The lowest BCUT2D eigenvalue weighted by molar-refractivity contribution is 0.626. The second kappa shape index (κ2) is 5.76. The highest BCUT2D eigenvalue weighted by atomic mass is 79.9. The molecular weight excluding hydrogens is 401 g/mol. The topological polar surface area (TPSA) is 17.8 Å². The van der Waals surface area contributed by atoms with Gasteiger partial charge in [-0.1, -0.05) is 23.2 Å². The highest BCUT2D eigenvalue weighted by Crippen LogP contribution is 2.33. The van der Waals surface area contributed by atoms with E-state index in [9.17, 15) is 4.39 Å². The van der Waals surface area contributed by atoms with Crippen molar-refractivity contribution in [3.05, 3.63) is 56.5 Å². The molecular formula is C14H7BrCl3FN2. The summed E-state index contributed by atoms with van der Waals surface area (Å²) in [6.45, 7) is 0. The van der Waals surface area contributed by atoms with E-state index in [4.69, 9.17) is 34.8 Å². The molecule has 2 nitrogen and oxygen atoms in total. The van der Waals surface area contributed by atoms with Crippen LogP contribution in [0.2, 0.25) is 10.0 Å². The molecule has 0 atom stereocenters. The van der Waals surface area contributed by atoms with E-state index in [1.54, 1.807) is 22.8 Å². The molecule has 0 bridgehead atoms. The van der Waals surface area contributed by atoms with E-state index < -0.39 is 0 Å². The number of hydrogen-bond donors (Lipinski definition) is 0. The smallest absolute Gasteiger partial charge is 0.129 e. The first-order chi connectivity index (χ1) is 10.0. The number of rotatable bonds is 2. The molecule has 0 saturated heterocycles. The summed E-state index contributed by atoms with van der Waals surface area (Å²) in [4.78, 5) is 4.42. The van der Waals surface area contributed by atoms with Crippen LogP contribution in [0.5, 0.6) is 0 Å². The van der Waals surface area contributed by atoms with E-state index in [1.807, 2.05) is 0 Å². The van der Waals surface area contributed by atoms with Gasteiger partial charge in [-0.2, -0.15) is 0 Å². The third-order valence-electron chi connectivity index (χ3n) is 3.03. The molecule has 0 aliphatic carbocycles. The third kappa shape index (κ3) is 2.66. The van der Waals surface area contributed by atoms with Crippen molar-refractivity contribution < 1.29 is 4.39 Å². The van der Waals surface area contributed by atoms with E-state index in [2.05, 4.69) is 20.9 Å². The van der Waals surface area contributed by atoms with Gasteiger partial charge in [-0.05, 0) is 46.3 Å². The SMILES string of the molecule is Fc1ccc(Br)c(-n2c(CCl)nc3cc(Cl)c(Cl)cc32)c1. The highest BCUT2D eigenvalue weighted by molar-refractivity contribution is 9.10. The zero-order valence-electron chi connectivity index (χ0n) is 10.4. The van der Waals surface area contributed by atoms with Gasteiger partial charge in [-0.15, -0.1) is 11.6 Å². The Morgan fingerprint density at radius 1 is 1.14 bits per heavy atom. The summed E-state index contributed by atoms with van der Waals surface area (Å²) >= 11 is 21.5. The minimum absolute atomic E-state index is 0.173. The quantitative estimate of drug-likeness (QED) is 0.478. The number of imidazole rings is 1. The molecule has 3 rings (SSSR count). The Balaban J connectivity index is 2.40. The van der Waals surface area contributed by atoms with Crippen LogP contribution >= 0.6 is 50.7 Å². The molecule has 3 aromatic rings. The predicted molar refractivity (Wildman–Crippen MR) is 88.3 cm³/mol. The molecule has 0 fully saturated rings.